The highest BCUT2D eigenvalue weighted by Crippen LogP contribution is 2.27. The molecule has 1 N–H and O–H groups in total. The summed E-state index contributed by atoms with van der Waals surface area (Å²) in [6.45, 7) is 5.52. The van der Waals surface area contributed by atoms with Gasteiger partial charge in [0.15, 0.2) is 0 Å². The molecule has 33 heavy (non-hydrogen) atoms. The maximum absolute atomic E-state index is 13.5. The highest BCUT2D eigenvalue weighted by molar-refractivity contribution is 5.85. The molecule has 172 valence electrons. The Morgan fingerprint density at radius 1 is 1.09 bits per heavy atom. The molecule has 1 atom stereocenters. The van der Waals surface area contributed by atoms with E-state index in [1.54, 1.807) is 18.7 Å². The molecule has 0 aliphatic carbocycles. The van der Waals surface area contributed by atoms with Crippen molar-refractivity contribution in [2.24, 2.45) is 5.92 Å². The molecule has 1 unspecified atom stereocenters. The van der Waals surface area contributed by atoms with Gasteiger partial charge in [0.2, 0.25) is 0 Å². The van der Waals surface area contributed by atoms with Crippen molar-refractivity contribution in [3.05, 3.63) is 78.3 Å². The molecule has 0 bridgehead atoms. The van der Waals surface area contributed by atoms with Crippen LogP contribution >= 0.6 is 0 Å². The number of hydrogen-bond donors (Lipinski definition) is 1. The molecule has 2 aromatic carbocycles. The van der Waals surface area contributed by atoms with Crippen LogP contribution in [0, 0.1) is 11.7 Å². The zero-order valence-electron chi connectivity index (χ0n) is 19.3. The number of halogens is 1. The standard InChI is InChI=1S/C27H32FN5/c1-20(22-5-3-7-24(28)14-22)17-32-12-10-21(11-13-32)4-2-6-23-16-29-27-9-8-25(15-26(23)27)33-18-30-31-19-33/h3,5,7-9,14-16,18-21,29H,2,4,6,10-13,17H2,1H3. The Hall–Kier alpha value is -2.99. The number of benzene rings is 2. The maximum Gasteiger partial charge on any atom is 0.123 e. The molecule has 0 radical (unpaired) electrons. The van der Waals surface area contributed by atoms with Gasteiger partial charge in [0, 0.05) is 29.3 Å². The Morgan fingerprint density at radius 2 is 1.91 bits per heavy atom. The highest BCUT2D eigenvalue weighted by Gasteiger charge is 2.21. The second kappa shape index (κ2) is 9.87. The number of likely N-dealkylation sites (tertiary alicyclic amines) is 1. The predicted molar refractivity (Wildman–Crippen MR) is 130 cm³/mol. The van der Waals surface area contributed by atoms with Gasteiger partial charge in [-0.3, -0.25) is 4.57 Å². The van der Waals surface area contributed by atoms with E-state index in [2.05, 4.69) is 51.4 Å². The average Bonchev–Trinajstić information content (AvgIpc) is 3.50. The van der Waals surface area contributed by atoms with Gasteiger partial charge in [-0.05, 0) is 92.1 Å². The van der Waals surface area contributed by atoms with E-state index in [9.17, 15) is 4.39 Å². The van der Waals surface area contributed by atoms with Crippen molar-refractivity contribution in [1.82, 2.24) is 24.6 Å². The van der Waals surface area contributed by atoms with Crippen molar-refractivity contribution in [1.29, 1.82) is 0 Å². The van der Waals surface area contributed by atoms with Gasteiger partial charge in [-0.2, -0.15) is 0 Å². The van der Waals surface area contributed by atoms with Crippen LogP contribution in [0.4, 0.5) is 4.39 Å². The Bertz CT molecular complexity index is 1170. The lowest BCUT2D eigenvalue weighted by Crippen LogP contribution is -2.36. The summed E-state index contributed by atoms with van der Waals surface area (Å²) >= 11 is 0. The molecule has 0 amide bonds. The highest BCUT2D eigenvalue weighted by atomic mass is 19.1. The second-order valence-corrected chi connectivity index (χ2v) is 9.51. The Kier molecular flexibility index (Phi) is 6.53. The minimum Gasteiger partial charge on any atom is -0.361 e. The molecular formula is C27H32FN5. The molecule has 0 saturated carbocycles. The Balaban J connectivity index is 1.10. The molecule has 1 aliphatic rings. The van der Waals surface area contributed by atoms with Crippen molar-refractivity contribution in [2.75, 3.05) is 19.6 Å². The van der Waals surface area contributed by atoms with Gasteiger partial charge < -0.3 is 9.88 Å². The largest absolute Gasteiger partial charge is 0.361 e. The number of aromatic amines is 1. The van der Waals surface area contributed by atoms with Gasteiger partial charge in [-0.15, -0.1) is 10.2 Å². The third-order valence-electron chi connectivity index (χ3n) is 7.18. The van der Waals surface area contributed by atoms with E-state index >= 15 is 0 Å². The fourth-order valence-corrected chi connectivity index (χ4v) is 5.21. The van der Waals surface area contributed by atoms with Crippen LogP contribution < -0.4 is 0 Å². The van der Waals surface area contributed by atoms with Crippen molar-refractivity contribution >= 4 is 10.9 Å². The molecule has 3 heterocycles. The van der Waals surface area contributed by atoms with Gasteiger partial charge in [0.25, 0.3) is 0 Å². The van der Waals surface area contributed by atoms with Crippen LogP contribution in [0.5, 0.6) is 0 Å². The van der Waals surface area contributed by atoms with E-state index in [1.807, 2.05) is 16.7 Å². The topological polar surface area (TPSA) is 49.7 Å². The Morgan fingerprint density at radius 3 is 2.70 bits per heavy atom. The predicted octanol–water partition coefficient (Wildman–Crippen LogP) is 5.73. The first-order chi connectivity index (χ1) is 16.2. The number of fused-ring (bicyclic) bond motifs is 1. The molecule has 6 heteroatoms. The first-order valence-corrected chi connectivity index (χ1v) is 12.1. The van der Waals surface area contributed by atoms with Crippen LogP contribution in [0.1, 0.15) is 49.7 Å². The maximum atomic E-state index is 13.5. The average molecular weight is 446 g/mol. The lowest BCUT2D eigenvalue weighted by molar-refractivity contribution is 0.171. The van der Waals surface area contributed by atoms with Crippen LogP contribution in [0.2, 0.25) is 0 Å². The monoisotopic (exact) mass is 445 g/mol. The van der Waals surface area contributed by atoms with Crippen molar-refractivity contribution < 1.29 is 4.39 Å². The zero-order chi connectivity index (χ0) is 22.6. The first kappa shape index (κ1) is 21.8. The number of hydrogen-bond acceptors (Lipinski definition) is 3. The first-order valence-electron chi connectivity index (χ1n) is 12.1. The SMILES string of the molecule is CC(CN1CCC(CCCc2c[nH]c3ccc(-n4cnnc4)cc23)CC1)c1cccc(F)c1. The number of H-pyrrole nitrogens is 1. The van der Waals surface area contributed by atoms with Gasteiger partial charge in [0.05, 0.1) is 0 Å². The van der Waals surface area contributed by atoms with E-state index in [0.29, 0.717) is 5.92 Å². The van der Waals surface area contributed by atoms with Crippen molar-refractivity contribution in [3.63, 3.8) is 0 Å². The lowest BCUT2D eigenvalue weighted by atomic mass is 9.90. The normalized spacial score (nSPS) is 16.4. The van der Waals surface area contributed by atoms with Crippen molar-refractivity contribution in [2.45, 2.75) is 44.9 Å². The minimum atomic E-state index is -0.136. The van der Waals surface area contributed by atoms with Gasteiger partial charge in [0.1, 0.15) is 18.5 Å². The fraction of sp³-hybridized carbons (Fsp3) is 0.407. The van der Waals surface area contributed by atoms with Crippen LogP contribution in [-0.2, 0) is 6.42 Å². The van der Waals surface area contributed by atoms with Gasteiger partial charge >= 0.3 is 0 Å². The molecule has 5 nitrogen and oxygen atoms in total. The summed E-state index contributed by atoms with van der Waals surface area (Å²) in [5.41, 5.74) is 4.76. The van der Waals surface area contributed by atoms with E-state index in [4.69, 9.17) is 0 Å². The summed E-state index contributed by atoms with van der Waals surface area (Å²) in [6.07, 6.45) is 11.8. The number of nitrogens with one attached hydrogen (secondary N) is 1. The summed E-state index contributed by atoms with van der Waals surface area (Å²) in [5.74, 6) is 1.04. The fourth-order valence-electron chi connectivity index (χ4n) is 5.21. The van der Waals surface area contributed by atoms with Crippen LogP contribution in [0.3, 0.4) is 0 Å². The molecule has 1 fully saturated rings. The molecule has 4 aromatic rings. The minimum absolute atomic E-state index is 0.136. The summed E-state index contributed by atoms with van der Waals surface area (Å²) in [4.78, 5) is 5.97. The summed E-state index contributed by atoms with van der Waals surface area (Å²) in [7, 11) is 0. The van der Waals surface area contributed by atoms with E-state index in [1.165, 1.54) is 48.2 Å². The smallest absolute Gasteiger partial charge is 0.123 e. The Labute approximate surface area is 194 Å². The van der Waals surface area contributed by atoms with Crippen LogP contribution in [0.15, 0.2) is 61.3 Å². The quantitative estimate of drug-likeness (QED) is 0.377. The van der Waals surface area contributed by atoms with E-state index < -0.39 is 0 Å². The summed E-state index contributed by atoms with van der Waals surface area (Å²) in [6, 6.07) is 13.5. The number of rotatable bonds is 8. The van der Waals surface area contributed by atoms with Crippen molar-refractivity contribution in [3.8, 4) is 5.69 Å². The van der Waals surface area contributed by atoms with E-state index in [0.717, 1.165) is 43.2 Å². The van der Waals surface area contributed by atoms with Gasteiger partial charge in [-0.25, -0.2) is 4.39 Å². The number of aromatic nitrogens is 4. The third-order valence-corrected chi connectivity index (χ3v) is 7.18. The molecule has 0 spiro atoms. The molecule has 1 aliphatic heterocycles. The number of aryl methyl sites for hydroxylation is 1. The summed E-state index contributed by atoms with van der Waals surface area (Å²) in [5, 5.41) is 9.13. The number of nitrogens with zero attached hydrogens (tertiary/aromatic N) is 4. The molecule has 2 aromatic heterocycles. The third kappa shape index (κ3) is 5.17. The molecule has 1 saturated heterocycles. The summed E-state index contributed by atoms with van der Waals surface area (Å²) < 4.78 is 15.5. The zero-order valence-corrected chi connectivity index (χ0v) is 19.3. The lowest BCUT2D eigenvalue weighted by Gasteiger charge is -2.33. The van der Waals surface area contributed by atoms with Crippen LogP contribution in [0.25, 0.3) is 16.6 Å². The number of piperidine rings is 1. The van der Waals surface area contributed by atoms with Gasteiger partial charge in [-0.1, -0.05) is 25.5 Å². The second-order valence-electron chi connectivity index (χ2n) is 9.51. The van der Waals surface area contributed by atoms with Crippen LogP contribution in [-0.4, -0.2) is 44.3 Å². The molecule has 5 rings (SSSR count). The van der Waals surface area contributed by atoms with E-state index in [-0.39, 0.29) is 5.82 Å². The molecular weight excluding hydrogens is 413 g/mol.